The van der Waals surface area contributed by atoms with E-state index >= 15 is 0 Å². The van der Waals surface area contributed by atoms with Crippen molar-refractivity contribution < 1.29 is 37.0 Å². The van der Waals surface area contributed by atoms with E-state index in [2.05, 4.69) is 10.1 Å². The molecule has 2 aromatic rings. The van der Waals surface area contributed by atoms with Crippen LogP contribution in [0.1, 0.15) is 16.1 Å². The molecule has 0 unspecified atom stereocenters. The molecule has 6 nitrogen and oxygen atoms in total. The van der Waals surface area contributed by atoms with Crippen LogP contribution in [0, 0.1) is 0 Å². The minimum Gasteiger partial charge on any atom is -0.466 e. The van der Waals surface area contributed by atoms with Crippen molar-refractivity contribution in [1.29, 1.82) is 0 Å². The van der Waals surface area contributed by atoms with Gasteiger partial charge in [-0.05, 0) is 24.3 Å². The second kappa shape index (κ2) is 6.36. The van der Waals surface area contributed by atoms with Crippen LogP contribution in [0.3, 0.4) is 0 Å². The number of rotatable bonds is 4. The van der Waals surface area contributed by atoms with Crippen LogP contribution in [0.15, 0.2) is 47.1 Å². The van der Waals surface area contributed by atoms with Gasteiger partial charge in [0.1, 0.15) is 0 Å². The predicted molar refractivity (Wildman–Crippen MR) is 75.1 cm³/mol. The third-order valence-corrected chi connectivity index (χ3v) is 3.20. The molecule has 2 N–H and O–H groups in total. The maximum absolute atomic E-state index is 13.1. The van der Waals surface area contributed by atoms with Crippen LogP contribution in [-0.2, 0) is 15.1 Å². The summed E-state index contributed by atoms with van der Waals surface area (Å²) in [6.07, 6.45) is -3.99. The van der Waals surface area contributed by atoms with Gasteiger partial charge in [0.05, 0.1) is 13.4 Å². The first-order chi connectivity index (χ1) is 11.2. The van der Waals surface area contributed by atoms with Crippen LogP contribution < -0.4 is 5.32 Å². The van der Waals surface area contributed by atoms with Gasteiger partial charge in [0, 0.05) is 11.3 Å². The number of carbonyl (C=O) groups is 2. The molecule has 0 aliphatic rings. The summed E-state index contributed by atoms with van der Waals surface area (Å²) in [5.74, 6) is -2.45. The lowest BCUT2D eigenvalue weighted by Gasteiger charge is -2.28. The normalized spacial score (nSPS) is 13.9. The standard InChI is InChI=1S/C15H12F3NO5/c1-23-13(21)14(22,15(16,17)18)9-4-6-10(7-5-9)19-12(20)11-3-2-8-24-11/h2-8,22H,1H3,(H,19,20)/t14-/m0/s1. The summed E-state index contributed by atoms with van der Waals surface area (Å²) in [5, 5.41) is 12.2. The Morgan fingerprint density at radius 1 is 1.17 bits per heavy atom. The lowest BCUT2D eigenvalue weighted by Crippen LogP contribution is -2.49. The molecule has 24 heavy (non-hydrogen) atoms. The third-order valence-electron chi connectivity index (χ3n) is 3.20. The Morgan fingerprint density at radius 2 is 1.79 bits per heavy atom. The second-order valence-electron chi connectivity index (χ2n) is 4.71. The molecule has 9 heteroatoms. The first-order valence-corrected chi connectivity index (χ1v) is 6.53. The number of methoxy groups -OCH3 is 1. The fourth-order valence-corrected chi connectivity index (χ4v) is 1.94. The molecule has 0 fully saturated rings. The molecule has 0 saturated heterocycles. The van der Waals surface area contributed by atoms with Crippen LogP contribution >= 0.6 is 0 Å². The molecule has 0 radical (unpaired) electrons. The molecular weight excluding hydrogens is 331 g/mol. The molecule has 1 amide bonds. The molecule has 1 aromatic carbocycles. The Kier molecular flexibility index (Phi) is 4.65. The molecule has 0 aliphatic carbocycles. The Balaban J connectivity index is 2.27. The zero-order chi connectivity index (χ0) is 18.0. The molecule has 0 saturated carbocycles. The lowest BCUT2D eigenvalue weighted by atomic mass is 9.93. The molecule has 1 aromatic heterocycles. The zero-order valence-corrected chi connectivity index (χ0v) is 12.3. The Hall–Kier alpha value is -2.81. The summed E-state index contributed by atoms with van der Waals surface area (Å²) < 4.78 is 48.2. The third kappa shape index (κ3) is 3.11. The number of esters is 1. The van der Waals surface area contributed by atoms with E-state index in [9.17, 15) is 27.9 Å². The SMILES string of the molecule is COC(=O)[C@@](O)(c1ccc(NC(=O)c2ccco2)cc1)C(F)(F)F. The van der Waals surface area contributed by atoms with Gasteiger partial charge in [0.2, 0.25) is 0 Å². The minimum atomic E-state index is -5.28. The number of hydrogen-bond donors (Lipinski definition) is 2. The van der Waals surface area contributed by atoms with Crippen molar-refractivity contribution in [1.82, 2.24) is 0 Å². The highest BCUT2D eigenvalue weighted by atomic mass is 19.4. The number of alkyl halides is 3. The average molecular weight is 343 g/mol. The average Bonchev–Trinajstić information content (AvgIpc) is 3.07. The van der Waals surface area contributed by atoms with Gasteiger partial charge >= 0.3 is 12.1 Å². The smallest absolute Gasteiger partial charge is 0.432 e. The van der Waals surface area contributed by atoms with Crippen molar-refractivity contribution >= 4 is 17.6 Å². The van der Waals surface area contributed by atoms with Crippen LogP contribution in [-0.4, -0.2) is 30.3 Å². The van der Waals surface area contributed by atoms with E-state index in [1.165, 1.54) is 18.4 Å². The van der Waals surface area contributed by atoms with Crippen molar-refractivity contribution in [3.8, 4) is 0 Å². The van der Waals surface area contributed by atoms with Crippen LogP contribution in [0.2, 0.25) is 0 Å². The van der Waals surface area contributed by atoms with E-state index < -0.39 is 29.2 Å². The van der Waals surface area contributed by atoms with Gasteiger partial charge in [0.25, 0.3) is 11.5 Å². The van der Waals surface area contributed by atoms with Gasteiger partial charge in [-0.25, -0.2) is 4.79 Å². The molecule has 1 heterocycles. The Labute approximate surface area is 133 Å². The number of benzene rings is 1. The van der Waals surface area contributed by atoms with Crippen LogP contribution in [0.5, 0.6) is 0 Å². The fraction of sp³-hybridized carbons (Fsp3) is 0.200. The summed E-state index contributed by atoms with van der Waals surface area (Å²) in [7, 11) is 0.733. The van der Waals surface area contributed by atoms with Crippen molar-refractivity contribution in [3.63, 3.8) is 0 Å². The second-order valence-corrected chi connectivity index (χ2v) is 4.71. The monoisotopic (exact) mass is 343 g/mol. The molecule has 0 aliphatic heterocycles. The maximum atomic E-state index is 13.1. The predicted octanol–water partition coefficient (Wildman–Crippen LogP) is 2.45. The fourth-order valence-electron chi connectivity index (χ4n) is 1.94. The summed E-state index contributed by atoms with van der Waals surface area (Å²) in [6.45, 7) is 0. The number of hydrogen-bond acceptors (Lipinski definition) is 5. The molecule has 0 bridgehead atoms. The maximum Gasteiger partial charge on any atom is 0.432 e. The van der Waals surface area contributed by atoms with Crippen molar-refractivity contribution in [2.75, 3.05) is 12.4 Å². The van der Waals surface area contributed by atoms with Crippen molar-refractivity contribution in [2.45, 2.75) is 11.8 Å². The van der Waals surface area contributed by atoms with E-state index in [0.717, 1.165) is 31.4 Å². The topological polar surface area (TPSA) is 88.8 Å². The van der Waals surface area contributed by atoms with Crippen LogP contribution in [0.4, 0.5) is 18.9 Å². The van der Waals surface area contributed by atoms with E-state index in [0.29, 0.717) is 0 Å². The zero-order valence-electron chi connectivity index (χ0n) is 12.3. The van der Waals surface area contributed by atoms with Crippen molar-refractivity contribution in [3.05, 3.63) is 54.0 Å². The van der Waals surface area contributed by atoms with Gasteiger partial charge < -0.3 is 19.6 Å². The summed E-state index contributed by atoms with van der Waals surface area (Å²) >= 11 is 0. The molecule has 0 spiro atoms. The number of anilines is 1. The highest BCUT2D eigenvalue weighted by molar-refractivity contribution is 6.02. The lowest BCUT2D eigenvalue weighted by molar-refractivity contribution is -0.266. The first kappa shape index (κ1) is 17.5. The quantitative estimate of drug-likeness (QED) is 0.833. The molecule has 1 atom stereocenters. The number of aliphatic hydroxyl groups is 1. The number of ether oxygens (including phenoxy) is 1. The molecule has 128 valence electrons. The van der Waals surface area contributed by atoms with Crippen LogP contribution in [0.25, 0.3) is 0 Å². The Morgan fingerprint density at radius 3 is 2.25 bits per heavy atom. The molecule has 2 rings (SSSR count). The van der Waals surface area contributed by atoms with Crippen molar-refractivity contribution in [2.24, 2.45) is 0 Å². The van der Waals surface area contributed by atoms with Gasteiger partial charge in [-0.2, -0.15) is 13.2 Å². The van der Waals surface area contributed by atoms with E-state index in [1.54, 1.807) is 0 Å². The number of nitrogens with one attached hydrogen (secondary N) is 1. The van der Waals surface area contributed by atoms with E-state index in [-0.39, 0.29) is 11.4 Å². The Bertz CT molecular complexity index is 725. The first-order valence-electron chi connectivity index (χ1n) is 6.53. The van der Waals surface area contributed by atoms with Gasteiger partial charge in [0.15, 0.2) is 5.76 Å². The summed E-state index contributed by atoms with van der Waals surface area (Å²) in [5.41, 5.74) is -4.39. The number of carbonyl (C=O) groups excluding carboxylic acids is 2. The van der Waals surface area contributed by atoms with E-state index in [1.807, 2.05) is 0 Å². The highest BCUT2D eigenvalue weighted by Gasteiger charge is 2.62. The summed E-state index contributed by atoms with van der Waals surface area (Å²) in [4.78, 5) is 23.2. The number of halogens is 3. The van der Waals surface area contributed by atoms with Gasteiger partial charge in [-0.3, -0.25) is 4.79 Å². The highest BCUT2D eigenvalue weighted by Crippen LogP contribution is 2.40. The largest absolute Gasteiger partial charge is 0.466 e. The number of furan rings is 1. The molecular formula is C15H12F3NO5. The van der Waals surface area contributed by atoms with Gasteiger partial charge in [-0.15, -0.1) is 0 Å². The summed E-state index contributed by atoms with van der Waals surface area (Å²) in [6, 6.07) is 6.84. The minimum absolute atomic E-state index is 0.0143. The number of amides is 1. The van der Waals surface area contributed by atoms with E-state index in [4.69, 9.17) is 4.42 Å². The van der Waals surface area contributed by atoms with Gasteiger partial charge in [-0.1, -0.05) is 12.1 Å².